The highest BCUT2D eigenvalue weighted by molar-refractivity contribution is 7.12. The van der Waals surface area contributed by atoms with Crippen molar-refractivity contribution < 1.29 is 4.79 Å². The first kappa shape index (κ1) is 18.4. The molecular formula is C25H26N2OS. The number of nitrogens with zero attached hydrogens (tertiary/aromatic N) is 1. The summed E-state index contributed by atoms with van der Waals surface area (Å²) >= 11 is 1.95. The Balaban J connectivity index is 1.47. The number of amides is 2. The van der Waals surface area contributed by atoms with Crippen LogP contribution in [-0.4, -0.2) is 17.5 Å². The number of carbonyl (C=O) groups is 1. The van der Waals surface area contributed by atoms with Gasteiger partial charge in [-0.3, -0.25) is 0 Å². The topological polar surface area (TPSA) is 32.3 Å². The van der Waals surface area contributed by atoms with Crippen molar-refractivity contribution in [3.05, 3.63) is 92.7 Å². The molecule has 0 fully saturated rings. The number of hydrogen-bond donors (Lipinski definition) is 1. The smallest absolute Gasteiger partial charge is 0.318 e. The van der Waals surface area contributed by atoms with E-state index in [4.69, 9.17) is 0 Å². The lowest BCUT2D eigenvalue weighted by Gasteiger charge is -2.36. The number of benzene rings is 2. The number of aryl methyl sites for hydroxylation is 1. The van der Waals surface area contributed by atoms with Crippen molar-refractivity contribution in [2.45, 2.75) is 44.7 Å². The number of carbonyl (C=O) groups excluding carboxylic acids is 1. The zero-order chi connectivity index (χ0) is 19.6. The van der Waals surface area contributed by atoms with Gasteiger partial charge in [0.05, 0.1) is 6.04 Å². The van der Waals surface area contributed by atoms with Crippen molar-refractivity contribution in [2.24, 2.45) is 0 Å². The fourth-order valence-electron chi connectivity index (χ4n) is 4.71. The van der Waals surface area contributed by atoms with Gasteiger partial charge in [-0.15, -0.1) is 11.3 Å². The Morgan fingerprint density at radius 2 is 1.66 bits per heavy atom. The first-order chi connectivity index (χ1) is 14.3. The van der Waals surface area contributed by atoms with E-state index in [0.29, 0.717) is 6.54 Å². The van der Waals surface area contributed by atoms with E-state index >= 15 is 0 Å². The van der Waals surface area contributed by atoms with Crippen LogP contribution in [-0.2, 0) is 25.8 Å². The molecule has 5 rings (SSSR count). The lowest BCUT2D eigenvalue weighted by atomic mass is 9.88. The molecule has 2 heterocycles. The summed E-state index contributed by atoms with van der Waals surface area (Å²) in [6, 6.07) is 20.7. The highest BCUT2D eigenvalue weighted by Gasteiger charge is 2.36. The van der Waals surface area contributed by atoms with Crippen LogP contribution in [0.3, 0.4) is 0 Å². The molecule has 1 N–H and O–H groups in total. The number of fused-ring (bicyclic) bond motifs is 3. The summed E-state index contributed by atoms with van der Waals surface area (Å²) in [6.07, 6.45) is 5.98. The summed E-state index contributed by atoms with van der Waals surface area (Å²) in [4.78, 5) is 18.2. The second-order valence-corrected chi connectivity index (χ2v) is 9.09. The number of nitrogens with one attached hydrogen (secondary N) is 1. The molecule has 0 bridgehead atoms. The zero-order valence-electron chi connectivity index (χ0n) is 16.6. The van der Waals surface area contributed by atoms with E-state index in [9.17, 15) is 4.79 Å². The average molecular weight is 403 g/mol. The molecule has 2 aromatic carbocycles. The van der Waals surface area contributed by atoms with Gasteiger partial charge in [0, 0.05) is 22.8 Å². The Bertz CT molecular complexity index is 996. The Kier molecular flexibility index (Phi) is 5.11. The highest BCUT2D eigenvalue weighted by atomic mass is 32.1. The number of thiophene rings is 1. The molecule has 1 aliphatic heterocycles. The molecule has 148 valence electrons. The second-order valence-electron chi connectivity index (χ2n) is 7.95. The van der Waals surface area contributed by atoms with Crippen molar-refractivity contribution >= 4 is 17.4 Å². The van der Waals surface area contributed by atoms with Crippen LogP contribution in [0.4, 0.5) is 4.79 Å². The van der Waals surface area contributed by atoms with Crippen LogP contribution < -0.4 is 5.32 Å². The minimum absolute atomic E-state index is 0.0197. The second kappa shape index (κ2) is 8.03. The standard InChI is InChI=1S/C25H26N2OS/c28-25(26-17-18-9-3-1-4-10-18)27-16-15-21-20-13-7-8-14-22(20)29-24(21)23(27)19-11-5-2-6-12-19/h1-6,9-12,23H,7-8,13-17H2,(H,26,28). The van der Waals surface area contributed by atoms with Gasteiger partial charge in [-0.2, -0.15) is 0 Å². The summed E-state index contributed by atoms with van der Waals surface area (Å²) < 4.78 is 0. The maximum absolute atomic E-state index is 13.2. The van der Waals surface area contributed by atoms with Crippen molar-refractivity contribution in [3.8, 4) is 0 Å². The molecule has 0 radical (unpaired) electrons. The normalized spacial score (nSPS) is 18.1. The fourth-order valence-corrected chi connectivity index (χ4v) is 6.29. The van der Waals surface area contributed by atoms with Crippen LogP contribution >= 0.6 is 11.3 Å². The minimum Gasteiger partial charge on any atom is -0.334 e. The zero-order valence-corrected chi connectivity index (χ0v) is 17.4. The molecule has 0 spiro atoms. The molecule has 0 saturated heterocycles. The third-order valence-corrected chi connectivity index (χ3v) is 7.52. The van der Waals surface area contributed by atoms with Crippen LogP contribution in [0.1, 0.15) is 50.9 Å². The van der Waals surface area contributed by atoms with Crippen molar-refractivity contribution in [3.63, 3.8) is 0 Å². The molecule has 0 saturated carbocycles. The summed E-state index contributed by atoms with van der Waals surface area (Å²) in [5, 5.41) is 3.15. The lowest BCUT2D eigenvalue weighted by molar-refractivity contribution is 0.180. The fraction of sp³-hybridized carbons (Fsp3) is 0.320. The molecule has 3 aromatic rings. The molecular weight excluding hydrogens is 376 g/mol. The van der Waals surface area contributed by atoms with Gasteiger partial charge in [-0.1, -0.05) is 60.7 Å². The van der Waals surface area contributed by atoms with Crippen LogP contribution in [0.25, 0.3) is 0 Å². The average Bonchev–Trinajstić information content (AvgIpc) is 3.17. The van der Waals surface area contributed by atoms with E-state index in [1.807, 2.05) is 40.5 Å². The molecule has 2 amide bonds. The SMILES string of the molecule is O=C(NCc1ccccc1)N1CCc2c(sc3c2CCCC3)C1c1ccccc1. The minimum atomic E-state index is 0.0197. The van der Waals surface area contributed by atoms with Gasteiger partial charge in [-0.25, -0.2) is 4.79 Å². The first-order valence-corrected chi connectivity index (χ1v) is 11.4. The molecule has 2 aliphatic rings. The molecule has 1 atom stereocenters. The van der Waals surface area contributed by atoms with E-state index in [1.165, 1.54) is 41.7 Å². The van der Waals surface area contributed by atoms with Crippen molar-refractivity contribution in [2.75, 3.05) is 6.54 Å². The van der Waals surface area contributed by atoms with Gasteiger partial charge in [0.1, 0.15) is 0 Å². The number of urea groups is 1. The maximum Gasteiger partial charge on any atom is 0.318 e. The Labute approximate surface area is 176 Å². The van der Waals surface area contributed by atoms with Crippen LogP contribution in [0, 0.1) is 0 Å². The Morgan fingerprint density at radius 1 is 0.931 bits per heavy atom. The van der Waals surface area contributed by atoms with Crippen LogP contribution in [0.2, 0.25) is 0 Å². The highest BCUT2D eigenvalue weighted by Crippen LogP contribution is 2.44. The maximum atomic E-state index is 13.2. The van der Waals surface area contributed by atoms with Gasteiger partial charge in [0.2, 0.25) is 0 Å². The quantitative estimate of drug-likeness (QED) is 0.618. The Morgan fingerprint density at radius 3 is 2.45 bits per heavy atom. The molecule has 29 heavy (non-hydrogen) atoms. The van der Waals surface area contributed by atoms with Gasteiger partial charge < -0.3 is 10.2 Å². The van der Waals surface area contributed by atoms with Gasteiger partial charge in [0.25, 0.3) is 0 Å². The van der Waals surface area contributed by atoms with E-state index in [1.54, 1.807) is 10.4 Å². The van der Waals surface area contributed by atoms with Gasteiger partial charge >= 0.3 is 6.03 Å². The summed E-state index contributed by atoms with van der Waals surface area (Å²) in [6.45, 7) is 1.34. The Hall–Kier alpha value is -2.59. The predicted octanol–water partition coefficient (Wildman–Crippen LogP) is 5.48. The van der Waals surface area contributed by atoms with E-state index in [0.717, 1.165) is 18.5 Å². The summed E-state index contributed by atoms with van der Waals surface area (Å²) in [5.41, 5.74) is 5.47. The van der Waals surface area contributed by atoms with E-state index < -0.39 is 0 Å². The number of rotatable bonds is 3. The van der Waals surface area contributed by atoms with Crippen molar-refractivity contribution in [1.29, 1.82) is 0 Å². The molecule has 1 aromatic heterocycles. The summed E-state index contributed by atoms with van der Waals surface area (Å²) in [5.74, 6) is 0. The third kappa shape index (κ3) is 3.58. The van der Waals surface area contributed by atoms with Gasteiger partial charge in [-0.05, 0) is 54.4 Å². The third-order valence-electron chi connectivity index (χ3n) is 6.14. The lowest BCUT2D eigenvalue weighted by Crippen LogP contribution is -2.45. The monoisotopic (exact) mass is 402 g/mol. The first-order valence-electron chi connectivity index (χ1n) is 10.6. The molecule has 4 heteroatoms. The molecule has 1 aliphatic carbocycles. The molecule has 1 unspecified atom stereocenters. The predicted molar refractivity (Wildman–Crippen MR) is 118 cm³/mol. The van der Waals surface area contributed by atoms with Gasteiger partial charge in [0.15, 0.2) is 0 Å². The largest absolute Gasteiger partial charge is 0.334 e. The molecule has 3 nitrogen and oxygen atoms in total. The van der Waals surface area contributed by atoms with Crippen LogP contribution in [0.5, 0.6) is 0 Å². The number of hydrogen-bond acceptors (Lipinski definition) is 2. The van der Waals surface area contributed by atoms with Crippen molar-refractivity contribution in [1.82, 2.24) is 10.2 Å². The van der Waals surface area contributed by atoms with Crippen LogP contribution in [0.15, 0.2) is 60.7 Å². The van der Waals surface area contributed by atoms with E-state index in [-0.39, 0.29) is 12.1 Å². The summed E-state index contributed by atoms with van der Waals surface area (Å²) in [7, 11) is 0. The van der Waals surface area contributed by atoms with E-state index in [2.05, 4.69) is 41.7 Å².